The number of amides is 1. The fourth-order valence-electron chi connectivity index (χ4n) is 6.54. The van der Waals surface area contributed by atoms with E-state index in [9.17, 15) is 4.79 Å². The van der Waals surface area contributed by atoms with Crippen LogP contribution in [0, 0.1) is 23.2 Å². The molecule has 1 N–H and O–H groups in total. The van der Waals surface area contributed by atoms with Gasteiger partial charge in [-0.2, -0.15) is 0 Å². The Kier molecular flexibility index (Phi) is 3.52. The number of carbonyl (C=O) groups excluding carboxylic acids is 1. The minimum atomic E-state index is 0.401. The lowest BCUT2D eigenvalue weighted by Crippen LogP contribution is -2.49. The van der Waals surface area contributed by atoms with Crippen LogP contribution in [0.15, 0.2) is 0 Å². The van der Waals surface area contributed by atoms with Crippen molar-refractivity contribution in [2.75, 3.05) is 20.1 Å². The van der Waals surface area contributed by atoms with Crippen LogP contribution in [0.4, 0.5) is 0 Å². The van der Waals surface area contributed by atoms with Crippen LogP contribution < -0.4 is 5.32 Å². The van der Waals surface area contributed by atoms with Crippen molar-refractivity contribution in [3.05, 3.63) is 0 Å². The predicted octanol–water partition coefficient (Wildman–Crippen LogP) is 2.80. The van der Waals surface area contributed by atoms with E-state index >= 15 is 0 Å². The zero-order valence-electron chi connectivity index (χ0n) is 13.4. The van der Waals surface area contributed by atoms with Crippen molar-refractivity contribution in [3.8, 4) is 0 Å². The summed E-state index contributed by atoms with van der Waals surface area (Å²) in [6.07, 6.45) is 11.7. The molecule has 1 saturated heterocycles. The normalized spacial score (nSPS) is 44.5. The lowest BCUT2D eigenvalue weighted by atomic mass is 9.49. The second-order valence-corrected chi connectivity index (χ2v) is 8.54. The van der Waals surface area contributed by atoms with Crippen molar-refractivity contribution in [2.24, 2.45) is 23.2 Å². The number of likely N-dealkylation sites (tertiary alicyclic amines) is 1. The molecule has 3 heteroatoms. The average Bonchev–Trinajstić information content (AvgIpc) is 2.85. The van der Waals surface area contributed by atoms with Gasteiger partial charge in [-0.15, -0.1) is 0 Å². The SMILES string of the molecule is CNCC1CCCN1C(=O)CC12CC3CC(CC(C3)C1)C2. The van der Waals surface area contributed by atoms with Gasteiger partial charge in [-0.25, -0.2) is 0 Å². The van der Waals surface area contributed by atoms with E-state index in [0.29, 0.717) is 17.4 Å². The van der Waals surface area contributed by atoms with Crippen LogP contribution in [0.25, 0.3) is 0 Å². The first-order valence-electron chi connectivity index (χ1n) is 9.11. The molecule has 1 unspecified atom stereocenters. The van der Waals surface area contributed by atoms with Gasteiger partial charge in [0, 0.05) is 25.6 Å². The first-order chi connectivity index (χ1) is 10.2. The third-order valence-electron chi connectivity index (χ3n) is 6.83. The number of nitrogens with zero attached hydrogens (tertiary/aromatic N) is 1. The maximum absolute atomic E-state index is 12.9. The second kappa shape index (κ2) is 5.26. The molecule has 21 heavy (non-hydrogen) atoms. The molecule has 4 aliphatic carbocycles. The van der Waals surface area contributed by atoms with Gasteiger partial charge in [-0.3, -0.25) is 4.79 Å². The monoisotopic (exact) mass is 290 g/mol. The van der Waals surface area contributed by atoms with Gasteiger partial charge in [0.1, 0.15) is 0 Å². The average molecular weight is 290 g/mol. The van der Waals surface area contributed by atoms with E-state index < -0.39 is 0 Å². The van der Waals surface area contributed by atoms with Crippen molar-refractivity contribution in [3.63, 3.8) is 0 Å². The number of hydrogen-bond donors (Lipinski definition) is 1. The van der Waals surface area contributed by atoms with Crippen LogP contribution in [0.3, 0.4) is 0 Å². The molecule has 0 aromatic rings. The Morgan fingerprint density at radius 1 is 1.14 bits per heavy atom. The topological polar surface area (TPSA) is 32.3 Å². The number of likely N-dealkylation sites (N-methyl/N-ethyl adjacent to an activating group) is 1. The van der Waals surface area contributed by atoms with E-state index in [1.54, 1.807) is 0 Å². The fourth-order valence-corrected chi connectivity index (χ4v) is 6.54. The summed E-state index contributed by atoms with van der Waals surface area (Å²) in [4.78, 5) is 15.1. The van der Waals surface area contributed by atoms with Crippen LogP contribution in [-0.4, -0.2) is 37.0 Å². The molecule has 1 heterocycles. The van der Waals surface area contributed by atoms with Crippen LogP contribution in [-0.2, 0) is 4.79 Å². The Morgan fingerprint density at radius 3 is 2.33 bits per heavy atom. The summed E-state index contributed by atoms with van der Waals surface area (Å²) in [5.41, 5.74) is 0.401. The van der Waals surface area contributed by atoms with Crippen LogP contribution in [0.5, 0.6) is 0 Å². The van der Waals surface area contributed by atoms with E-state index in [1.807, 2.05) is 7.05 Å². The molecule has 5 aliphatic rings. The van der Waals surface area contributed by atoms with E-state index in [2.05, 4.69) is 10.2 Å². The second-order valence-electron chi connectivity index (χ2n) is 8.54. The summed E-state index contributed by atoms with van der Waals surface area (Å²) in [7, 11) is 2.00. The van der Waals surface area contributed by atoms with Gasteiger partial charge in [-0.1, -0.05) is 0 Å². The molecule has 5 fully saturated rings. The molecular weight excluding hydrogens is 260 g/mol. The summed E-state index contributed by atoms with van der Waals surface area (Å²) in [6, 6.07) is 0.455. The predicted molar refractivity (Wildman–Crippen MR) is 83.9 cm³/mol. The lowest BCUT2D eigenvalue weighted by Gasteiger charge is -2.57. The standard InChI is InChI=1S/C18H30N2O/c1-19-12-16-3-2-4-20(16)17(21)11-18-8-13-5-14(9-18)7-15(6-13)10-18/h13-16,19H,2-12H2,1H3. The minimum Gasteiger partial charge on any atom is -0.338 e. The first-order valence-corrected chi connectivity index (χ1v) is 9.11. The number of nitrogens with one attached hydrogen (secondary N) is 1. The van der Waals surface area contributed by atoms with Gasteiger partial charge in [0.25, 0.3) is 0 Å². The summed E-state index contributed by atoms with van der Waals surface area (Å²) < 4.78 is 0. The van der Waals surface area contributed by atoms with Crippen LogP contribution in [0.2, 0.25) is 0 Å². The smallest absolute Gasteiger partial charge is 0.223 e. The zero-order valence-corrected chi connectivity index (χ0v) is 13.4. The molecule has 0 aromatic heterocycles. The number of rotatable bonds is 4. The molecule has 118 valence electrons. The molecule has 4 bridgehead atoms. The fraction of sp³-hybridized carbons (Fsp3) is 0.944. The Morgan fingerprint density at radius 2 is 1.76 bits per heavy atom. The van der Waals surface area contributed by atoms with E-state index in [1.165, 1.54) is 51.4 Å². The Balaban J connectivity index is 1.44. The minimum absolute atomic E-state index is 0.401. The van der Waals surface area contributed by atoms with Gasteiger partial charge in [0.05, 0.1) is 0 Å². The molecular formula is C18H30N2O. The van der Waals surface area contributed by atoms with Gasteiger partial charge in [0.2, 0.25) is 5.91 Å². The van der Waals surface area contributed by atoms with Gasteiger partial charge in [0.15, 0.2) is 0 Å². The lowest BCUT2D eigenvalue weighted by molar-refractivity contribution is -0.140. The summed E-state index contributed by atoms with van der Waals surface area (Å²) in [5.74, 6) is 3.33. The van der Waals surface area contributed by atoms with E-state index in [4.69, 9.17) is 0 Å². The first kappa shape index (κ1) is 14.0. The van der Waals surface area contributed by atoms with Gasteiger partial charge < -0.3 is 10.2 Å². The highest BCUT2D eigenvalue weighted by atomic mass is 16.2. The molecule has 0 aromatic carbocycles. The molecule has 0 spiro atoms. The van der Waals surface area contributed by atoms with Gasteiger partial charge >= 0.3 is 0 Å². The maximum atomic E-state index is 12.9. The maximum Gasteiger partial charge on any atom is 0.223 e. The molecule has 1 atom stereocenters. The number of hydrogen-bond acceptors (Lipinski definition) is 2. The highest BCUT2D eigenvalue weighted by molar-refractivity contribution is 5.77. The zero-order chi connectivity index (χ0) is 14.4. The van der Waals surface area contributed by atoms with E-state index in [-0.39, 0.29) is 0 Å². The molecule has 3 nitrogen and oxygen atoms in total. The van der Waals surface area contributed by atoms with Crippen LogP contribution >= 0.6 is 0 Å². The van der Waals surface area contributed by atoms with Crippen molar-refractivity contribution < 1.29 is 4.79 Å². The number of carbonyl (C=O) groups is 1. The molecule has 5 rings (SSSR count). The van der Waals surface area contributed by atoms with Crippen molar-refractivity contribution in [1.29, 1.82) is 0 Å². The third-order valence-corrected chi connectivity index (χ3v) is 6.83. The summed E-state index contributed by atoms with van der Waals surface area (Å²) >= 11 is 0. The van der Waals surface area contributed by atoms with E-state index in [0.717, 1.165) is 37.3 Å². The summed E-state index contributed by atoms with van der Waals surface area (Å²) in [5, 5.41) is 3.26. The van der Waals surface area contributed by atoms with Crippen LogP contribution in [0.1, 0.15) is 57.8 Å². The van der Waals surface area contributed by atoms with Crippen molar-refractivity contribution in [1.82, 2.24) is 10.2 Å². The Hall–Kier alpha value is -0.570. The molecule has 1 amide bonds. The van der Waals surface area contributed by atoms with Crippen molar-refractivity contribution >= 4 is 5.91 Å². The third kappa shape index (κ3) is 2.52. The quantitative estimate of drug-likeness (QED) is 0.863. The molecule has 0 radical (unpaired) electrons. The highest BCUT2D eigenvalue weighted by Crippen LogP contribution is 2.61. The van der Waals surface area contributed by atoms with Gasteiger partial charge in [-0.05, 0) is 81.6 Å². The highest BCUT2D eigenvalue weighted by Gasteiger charge is 2.52. The Labute approximate surface area is 128 Å². The summed E-state index contributed by atoms with van der Waals surface area (Å²) in [6.45, 7) is 1.96. The molecule has 4 saturated carbocycles. The largest absolute Gasteiger partial charge is 0.338 e. The van der Waals surface area contributed by atoms with Crippen molar-refractivity contribution in [2.45, 2.75) is 63.8 Å². The Bertz CT molecular complexity index is 384. The molecule has 1 aliphatic heterocycles.